The summed E-state index contributed by atoms with van der Waals surface area (Å²) in [6.45, 7) is 2.43. The molecular weight excluding hydrogens is 339 g/mol. The lowest BCUT2D eigenvalue weighted by Crippen LogP contribution is -2.35. The van der Waals surface area contributed by atoms with Gasteiger partial charge in [-0.1, -0.05) is 0 Å². The number of benzene rings is 1. The molecule has 1 aliphatic rings. The van der Waals surface area contributed by atoms with Gasteiger partial charge >= 0.3 is 0 Å². The van der Waals surface area contributed by atoms with Crippen LogP contribution in [0.3, 0.4) is 0 Å². The Hall–Kier alpha value is -2.67. The number of carbonyl (C=O) groups excluding carboxylic acids is 1. The van der Waals surface area contributed by atoms with Crippen molar-refractivity contribution in [3.63, 3.8) is 0 Å². The quantitative estimate of drug-likeness (QED) is 0.705. The Labute approximate surface area is 148 Å². The summed E-state index contributed by atoms with van der Waals surface area (Å²) in [5.74, 6) is 0.131. The first-order valence-corrected chi connectivity index (χ1v) is 8.80. The van der Waals surface area contributed by atoms with Gasteiger partial charge in [0.1, 0.15) is 10.7 Å². The molecule has 4 rings (SSSR count). The number of thiazole rings is 1. The van der Waals surface area contributed by atoms with Crippen molar-refractivity contribution in [2.45, 2.75) is 19.8 Å². The van der Waals surface area contributed by atoms with E-state index in [1.807, 2.05) is 6.92 Å². The molecule has 0 saturated heterocycles. The number of hydrogen-bond donors (Lipinski definition) is 0. The van der Waals surface area contributed by atoms with E-state index in [1.165, 1.54) is 23.5 Å². The lowest BCUT2D eigenvalue weighted by atomic mass is 10.0. The maximum Gasteiger partial charge on any atom is 0.270 e. The van der Waals surface area contributed by atoms with E-state index in [1.54, 1.807) is 29.4 Å². The summed E-state index contributed by atoms with van der Waals surface area (Å²) in [6, 6.07) is 6.32. The molecule has 0 spiro atoms. The van der Waals surface area contributed by atoms with Crippen molar-refractivity contribution in [2.75, 3.05) is 11.4 Å². The molecule has 2 aromatic heterocycles. The van der Waals surface area contributed by atoms with Crippen molar-refractivity contribution >= 4 is 22.9 Å². The molecule has 5 nitrogen and oxygen atoms in total. The summed E-state index contributed by atoms with van der Waals surface area (Å²) in [4.78, 5) is 28.2. The first-order valence-electron chi connectivity index (χ1n) is 7.98. The number of anilines is 1. The second-order valence-corrected chi connectivity index (χ2v) is 6.84. The molecular formula is C18H15FN4OS. The molecule has 0 bridgehead atoms. The van der Waals surface area contributed by atoms with Gasteiger partial charge < -0.3 is 4.90 Å². The van der Waals surface area contributed by atoms with Crippen LogP contribution in [0.4, 0.5) is 10.1 Å². The number of hydrogen-bond acceptors (Lipinski definition) is 5. The van der Waals surface area contributed by atoms with Gasteiger partial charge in [-0.05, 0) is 49.6 Å². The van der Waals surface area contributed by atoms with Gasteiger partial charge in [-0.25, -0.2) is 19.3 Å². The van der Waals surface area contributed by atoms with Gasteiger partial charge in [0.15, 0.2) is 10.8 Å². The minimum atomic E-state index is -0.273. The third-order valence-corrected chi connectivity index (χ3v) is 5.29. The molecule has 0 saturated carbocycles. The van der Waals surface area contributed by atoms with Gasteiger partial charge in [-0.3, -0.25) is 4.79 Å². The molecule has 0 N–H and O–H groups in total. The first kappa shape index (κ1) is 15.8. The van der Waals surface area contributed by atoms with Crippen LogP contribution in [0.1, 0.15) is 27.3 Å². The fraction of sp³-hybridized carbons (Fsp3) is 0.222. The number of aromatic nitrogens is 3. The average Bonchev–Trinajstić information content (AvgIpc) is 3.03. The van der Waals surface area contributed by atoms with Crippen LogP contribution in [-0.4, -0.2) is 27.4 Å². The Kier molecular flexibility index (Phi) is 4.01. The molecule has 3 heterocycles. The molecule has 3 aromatic rings. The predicted octanol–water partition coefficient (Wildman–Crippen LogP) is 3.64. The lowest BCUT2D eigenvalue weighted by molar-refractivity contribution is 0.0988. The van der Waals surface area contributed by atoms with Crippen LogP contribution < -0.4 is 4.90 Å². The number of nitrogens with zero attached hydrogens (tertiary/aromatic N) is 4. The van der Waals surface area contributed by atoms with Crippen LogP contribution in [0.2, 0.25) is 0 Å². The van der Waals surface area contributed by atoms with E-state index in [9.17, 15) is 9.18 Å². The Morgan fingerprint density at radius 2 is 2.08 bits per heavy atom. The van der Waals surface area contributed by atoms with Crippen LogP contribution >= 0.6 is 11.3 Å². The molecule has 0 atom stereocenters. The molecule has 7 heteroatoms. The van der Waals surface area contributed by atoms with Crippen molar-refractivity contribution in [1.82, 2.24) is 15.0 Å². The summed E-state index contributed by atoms with van der Waals surface area (Å²) >= 11 is 1.29. The Morgan fingerprint density at radius 1 is 1.28 bits per heavy atom. The first-order chi connectivity index (χ1) is 12.1. The van der Waals surface area contributed by atoms with E-state index in [-0.39, 0.29) is 11.7 Å². The smallest absolute Gasteiger partial charge is 0.270 e. The normalized spacial score (nSPS) is 13.6. The summed E-state index contributed by atoms with van der Waals surface area (Å²) in [5, 5.41) is 0.623. The molecule has 0 radical (unpaired) electrons. The van der Waals surface area contributed by atoms with Crippen molar-refractivity contribution in [2.24, 2.45) is 0 Å². The van der Waals surface area contributed by atoms with E-state index in [2.05, 4.69) is 15.0 Å². The highest BCUT2D eigenvalue weighted by atomic mass is 32.1. The monoisotopic (exact) mass is 354 g/mol. The minimum Gasteiger partial charge on any atom is -0.307 e. The molecule has 0 unspecified atom stereocenters. The molecule has 1 amide bonds. The number of carbonyl (C=O) groups is 1. The van der Waals surface area contributed by atoms with Crippen molar-refractivity contribution in [1.29, 1.82) is 0 Å². The van der Waals surface area contributed by atoms with Crippen molar-refractivity contribution < 1.29 is 9.18 Å². The highest BCUT2D eigenvalue weighted by Gasteiger charge is 2.27. The Balaban J connectivity index is 1.70. The lowest BCUT2D eigenvalue weighted by Gasteiger charge is -2.29. The van der Waals surface area contributed by atoms with E-state index < -0.39 is 0 Å². The molecule has 25 heavy (non-hydrogen) atoms. The summed E-state index contributed by atoms with van der Waals surface area (Å²) < 4.78 is 13.5. The fourth-order valence-electron chi connectivity index (χ4n) is 3.00. The van der Waals surface area contributed by atoms with Crippen molar-refractivity contribution in [3.05, 3.63) is 58.6 Å². The zero-order valence-corrected chi connectivity index (χ0v) is 14.4. The molecule has 0 fully saturated rings. The third-order valence-electron chi connectivity index (χ3n) is 4.15. The number of rotatable bonds is 2. The maximum absolute atomic E-state index is 13.5. The average molecular weight is 354 g/mol. The number of amides is 1. The highest BCUT2D eigenvalue weighted by molar-refractivity contribution is 7.17. The zero-order valence-electron chi connectivity index (χ0n) is 13.6. The van der Waals surface area contributed by atoms with Crippen LogP contribution in [-0.2, 0) is 6.42 Å². The molecule has 126 valence electrons. The summed E-state index contributed by atoms with van der Waals surface area (Å²) in [6.07, 6.45) is 4.89. The van der Waals surface area contributed by atoms with Gasteiger partial charge in [0.2, 0.25) is 0 Å². The summed E-state index contributed by atoms with van der Waals surface area (Å²) in [7, 11) is 0. The van der Waals surface area contributed by atoms with Crippen molar-refractivity contribution in [3.8, 4) is 10.8 Å². The predicted molar refractivity (Wildman–Crippen MR) is 94.3 cm³/mol. The number of fused-ring (bicyclic) bond motifs is 1. The zero-order chi connectivity index (χ0) is 17.4. The molecule has 0 aliphatic carbocycles. The minimum absolute atomic E-state index is 0.107. The van der Waals surface area contributed by atoms with Crippen LogP contribution in [0, 0.1) is 12.7 Å². The third kappa shape index (κ3) is 2.91. The largest absolute Gasteiger partial charge is 0.307 e. The van der Waals surface area contributed by atoms with Gasteiger partial charge in [0.25, 0.3) is 5.91 Å². The van der Waals surface area contributed by atoms with Crippen LogP contribution in [0.25, 0.3) is 10.8 Å². The van der Waals surface area contributed by atoms with Gasteiger partial charge in [0.05, 0.1) is 5.69 Å². The van der Waals surface area contributed by atoms with E-state index in [0.29, 0.717) is 27.9 Å². The summed E-state index contributed by atoms with van der Waals surface area (Å²) in [5.41, 5.74) is 2.31. The SMILES string of the molecule is Cc1nc(-c2ncccn2)sc1C(=O)N1CCCc2cc(F)ccc21. The highest BCUT2D eigenvalue weighted by Crippen LogP contribution is 2.32. The topological polar surface area (TPSA) is 59.0 Å². The number of aryl methyl sites for hydroxylation is 2. The van der Waals surface area contributed by atoms with E-state index in [0.717, 1.165) is 24.1 Å². The maximum atomic E-state index is 13.5. The fourth-order valence-corrected chi connectivity index (χ4v) is 3.96. The van der Waals surface area contributed by atoms with Gasteiger partial charge in [0, 0.05) is 24.6 Å². The van der Waals surface area contributed by atoms with E-state index in [4.69, 9.17) is 0 Å². The van der Waals surface area contributed by atoms with Gasteiger partial charge in [-0.2, -0.15) is 0 Å². The van der Waals surface area contributed by atoms with Crippen LogP contribution in [0.15, 0.2) is 36.7 Å². The van der Waals surface area contributed by atoms with Crippen LogP contribution in [0.5, 0.6) is 0 Å². The van der Waals surface area contributed by atoms with Gasteiger partial charge in [-0.15, -0.1) is 11.3 Å². The molecule has 1 aromatic carbocycles. The molecule has 1 aliphatic heterocycles. The second kappa shape index (κ2) is 6.33. The Bertz CT molecular complexity index is 942. The number of halogens is 1. The standard InChI is InChI=1S/C18H15FN4OS/c1-11-15(25-17(22-11)16-20-7-3-8-21-16)18(24)23-9-2-4-12-10-13(19)5-6-14(12)23/h3,5-8,10H,2,4,9H2,1H3. The van der Waals surface area contributed by atoms with E-state index >= 15 is 0 Å². The Morgan fingerprint density at radius 3 is 2.88 bits per heavy atom. The second-order valence-electron chi connectivity index (χ2n) is 5.84.